The molecule has 2 rings (SSSR count). The molecule has 2 aromatic rings. The number of carbonyl (C=O) groups is 1. The van der Waals surface area contributed by atoms with Crippen LogP contribution < -0.4 is 5.32 Å². The molecule has 1 aromatic carbocycles. The number of rotatable bonds is 5. The standard InChI is InChI=1S/C13H14N2O3S/c1-3-17-12(16)11-8-18-13(15-11)14-9-4-6-10(19-2)7-5-9/h4-8H,3H2,1-2H3,(H,14,15). The van der Waals surface area contributed by atoms with Crippen LogP contribution in [-0.2, 0) is 4.74 Å². The summed E-state index contributed by atoms with van der Waals surface area (Å²) in [5, 5.41) is 2.98. The average Bonchev–Trinajstić information content (AvgIpc) is 2.88. The van der Waals surface area contributed by atoms with Crippen molar-refractivity contribution in [2.45, 2.75) is 11.8 Å². The Morgan fingerprint density at radius 2 is 2.16 bits per heavy atom. The number of nitrogens with one attached hydrogen (secondary N) is 1. The van der Waals surface area contributed by atoms with Gasteiger partial charge in [0.2, 0.25) is 0 Å². The fourth-order valence-electron chi connectivity index (χ4n) is 1.43. The minimum Gasteiger partial charge on any atom is -0.461 e. The average molecular weight is 278 g/mol. The number of thioether (sulfide) groups is 1. The summed E-state index contributed by atoms with van der Waals surface area (Å²) in [7, 11) is 0. The van der Waals surface area contributed by atoms with E-state index in [1.807, 2.05) is 30.5 Å². The Hall–Kier alpha value is -1.95. The molecular weight excluding hydrogens is 264 g/mol. The Labute approximate surface area is 115 Å². The van der Waals surface area contributed by atoms with Crippen LogP contribution in [0.2, 0.25) is 0 Å². The molecule has 0 amide bonds. The van der Waals surface area contributed by atoms with E-state index in [0.29, 0.717) is 6.61 Å². The second-order valence-electron chi connectivity index (χ2n) is 3.61. The lowest BCUT2D eigenvalue weighted by molar-refractivity contribution is 0.0519. The number of hydrogen-bond acceptors (Lipinski definition) is 6. The van der Waals surface area contributed by atoms with Crippen molar-refractivity contribution in [1.82, 2.24) is 4.98 Å². The molecule has 0 spiro atoms. The summed E-state index contributed by atoms with van der Waals surface area (Å²) in [4.78, 5) is 16.6. The number of carbonyl (C=O) groups excluding carboxylic acids is 1. The van der Waals surface area contributed by atoms with Gasteiger partial charge in [-0.25, -0.2) is 4.79 Å². The molecule has 100 valence electrons. The van der Waals surface area contributed by atoms with Gasteiger partial charge in [-0.15, -0.1) is 11.8 Å². The lowest BCUT2D eigenvalue weighted by atomic mass is 10.3. The van der Waals surface area contributed by atoms with Crippen LogP contribution in [0, 0.1) is 0 Å². The molecule has 0 saturated carbocycles. The first kappa shape index (κ1) is 13.5. The molecule has 0 atom stereocenters. The van der Waals surface area contributed by atoms with Gasteiger partial charge < -0.3 is 14.5 Å². The zero-order valence-electron chi connectivity index (χ0n) is 10.7. The smallest absolute Gasteiger partial charge is 0.360 e. The first-order valence-corrected chi connectivity index (χ1v) is 6.99. The van der Waals surface area contributed by atoms with Crippen LogP contribution in [0.4, 0.5) is 11.7 Å². The summed E-state index contributed by atoms with van der Waals surface area (Å²) in [5.41, 5.74) is 1.00. The minimum atomic E-state index is -0.489. The predicted molar refractivity (Wildman–Crippen MR) is 74.0 cm³/mol. The van der Waals surface area contributed by atoms with Crippen LogP contribution >= 0.6 is 11.8 Å². The van der Waals surface area contributed by atoms with Gasteiger partial charge in [-0.3, -0.25) is 0 Å². The summed E-state index contributed by atoms with van der Waals surface area (Å²) in [6.45, 7) is 2.05. The van der Waals surface area contributed by atoms with E-state index in [-0.39, 0.29) is 11.7 Å². The summed E-state index contributed by atoms with van der Waals surface area (Å²) >= 11 is 1.67. The summed E-state index contributed by atoms with van der Waals surface area (Å²) in [6, 6.07) is 8.07. The number of ether oxygens (including phenoxy) is 1. The highest BCUT2D eigenvalue weighted by Crippen LogP contribution is 2.20. The number of oxazole rings is 1. The molecule has 0 aliphatic heterocycles. The predicted octanol–water partition coefficient (Wildman–Crippen LogP) is 3.32. The monoisotopic (exact) mass is 278 g/mol. The van der Waals surface area contributed by atoms with E-state index in [2.05, 4.69) is 10.3 Å². The number of benzene rings is 1. The Morgan fingerprint density at radius 1 is 1.42 bits per heavy atom. The third-order valence-corrected chi connectivity index (χ3v) is 3.07. The van der Waals surface area contributed by atoms with Gasteiger partial charge in [0.1, 0.15) is 6.26 Å². The van der Waals surface area contributed by atoms with Gasteiger partial charge in [0.15, 0.2) is 5.69 Å². The van der Waals surface area contributed by atoms with Gasteiger partial charge in [0.25, 0.3) is 6.01 Å². The zero-order valence-corrected chi connectivity index (χ0v) is 11.5. The zero-order chi connectivity index (χ0) is 13.7. The number of hydrogen-bond donors (Lipinski definition) is 1. The molecule has 1 N–H and O–H groups in total. The molecule has 6 heteroatoms. The highest BCUT2D eigenvalue weighted by molar-refractivity contribution is 7.98. The molecule has 0 radical (unpaired) electrons. The Bertz CT molecular complexity index is 551. The summed E-state index contributed by atoms with van der Waals surface area (Å²) in [5.74, 6) is -0.489. The van der Waals surface area contributed by atoms with E-state index in [9.17, 15) is 4.79 Å². The van der Waals surface area contributed by atoms with Crippen molar-refractivity contribution in [3.8, 4) is 0 Å². The molecule has 1 heterocycles. The van der Waals surface area contributed by atoms with Crippen LogP contribution in [0.3, 0.4) is 0 Å². The lowest BCUT2D eigenvalue weighted by Gasteiger charge is -2.02. The molecule has 0 unspecified atom stereocenters. The van der Waals surface area contributed by atoms with Gasteiger partial charge in [-0.05, 0) is 37.4 Å². The van der Waals surface area contributed by atoms with Crippen LogP contribution in [0.25, 0.3) is 0 Å². The van der Waals surface area contributed by atoms with E-state index in [1.165, 1.54) is 11.2 Å². The highest BCUT2D eigenvalue weighted by atomic mass is 32.2. The van der Waals surface area contributed by atoms with Gasteiger partial charge in [0.05, 0.1) is 6.61 Å². The van der Waals surface area contributed by atoms with Crippen molar-refractivity contribution in [2.24, 2.45) is 0 Å². The molecule has 0 saturated heterocycles. The lowest BCUT2D eigenvalue weighted by Crippen LogP contribution is -2.04. The van der Waals surface area contributed by atoms with E-state index < -0.39 is 5.97 Å². The maximum atomic E-state index is 11.4. The number of aromatic nitrogens is 1. The fourth-order valence-corrected chi connectivity index (χ4v) is 1.84. The summed E-state index contributed by atoms with van der Waals surface area (Å²) < 4.78 is 9.99. The first-order valence-electron chi connectivity index (χ1n) is 5.76. The fraction of sp³-hybridized carbons (Fsp3) is 0.231. The third-order valence-electron chi connectivity index (χ3n) is 2.33. The molecule has 1 aromatic heterocycles. The second-order valence-corrected chi connectivity index (χ2v) is 4.49. The number of nitrogens with zero attached hydrogens (tertiary/aromatic N) is 1. The first-order chi connectivity index (χ1) is 9.22. The van der Waals surface area contributed by atoms with Crippen molar-refractivity contribution in [3.63, 3.8) is 0 Å². The Kier molecular flexibility index (Phi) is 4.46. The second kappa shape index (κ2) is 6.29. The SMILES string of the molecule is CCOC(=O)c1coc(Nc2ccc(SC)cc2)n1. The Morgan fingerprint density at radius 3 is 2.79 bits per heavy atom. The van der Waals surface area contributed by atoms with Crippen molar-refractivity contribution >= 4 is 29.4 Å². The normalized spacial score (nSPS) is 10.2. The number of esters is 1. The van der Waals surface area contributed by atoms with E-state index in [4.69, 9.17) is 9.15 Å². The maximum absolute atomic E-state index is 11.4. The Balaban J connectivity index is 2.04. The molecule has 0 aliphatic carbocycles. The molecule has 0 bridgehead atoms. The maximum Gasteiger partial charge on any atom is 0.360 e. The quantitative estimate of drug-likeness (QED) is 0.668. The van der Waals surface area contributed by atoms with Crippen molar-refractivity contribution in [3.05, 3.63) is 36.2 Å². The molecular formula is C13H14N2O3S. The number of anilines is 2. The van der Waals surface area contributed by atoms with Gasteiger partial charge in [-0.1, -0.05) is 0 Å². The molecule has 5 nitrogen and oxygen atoms in total. The van der Waals surface area contributed by atoms with Gasteiger partial charge >= 0.3 is 5.97 Å². The van der Waals surface area contributed by atoms with Gasteiger partial charge in [-0.2, -0.15) is 4.98 Å². The molecule has 19 heavy (non-hydrogen) atoms. The van der Waals surface area contributed by atoms with Crippen molar-refractivity contribution in [2.75, 3.05) is 18.2 Å². The highest BCUT2D eigenvalue weighted by Gasteiger charge is 2.12. The topological polar surface area (TPSA) is 64.4 Å². The van der Waals surface area contributed by atoms with Crippen molar-refractivity contribution < 1.29 is 13.9 Å². The largest absolute Gasteiger partial charge is 0.461 e. The third kappa shape index (κ3) is 3.51. The van der Waals surface area contributed by atoms with E-state index >= 15 is 0 Å². The van der Waals surface area contributed by atoms with Crippen LogP contribution in [0.15, 0.2) is 39.8 Å². The van der Waals surface area contributed by atoms with Crippen LogP contribution in [-0.4, -0.2) is 23.8 Å². The molecule has 0 aliphatic rings. The van der Waals surface area contributed by atoms with Crippen LogP contribution in [0.1, 0.15) is 17.4 Å². The van der Waals surface area contributed by atoms with Gasteiger partial charge in [0, 0.05) is 10.6 Å². The molecule has 0 fully saturated rings. The van der Waals surface area contributed by atoms with E-state index in [0.717, 1.165) is 5.69 Å². The van der Waals surface area contributed by atoms with Crippen LogP contribution in [0.5, 0.6) is 0 Å². The van der Waals surface area contributed by atoms with E-state index in [1.54, 1.807) is 18.7 Å². The van der Waals surface area contributed by atoms with Crippen molar-refractivity contribution in [1.29, 1.82) is 0 Å². The minimum absolute atomic E-state index is 0.157. The summed E-state index contributed by atoms with van der Waals surface area (Å²) in [6.07, 6.45) is 3.29.